The molecule has 0 spiro atoms. The highest BCUT2D eigenvalue weighted by atomic mass is 79.9. The van der Waals surface area contributed by atoms with Gasteiger partial charge < -0.3 is 10.1 Å². The molecule has 2 aromatic rings. The van der Waals surface area contributed by atoms with Crippen molar-refractivity contribution in [1.29, 1.82) is 0 Å². The molecule has 0 bridgehead atoms. The highest BCUT2D eigenvalue weighted by Gasteiger charge is 2.08. The minimum Gasteiger partial charge on any atom is -0.466 e. The average Bonchev–Trinajstić information content (AvgIpc) is 2.47. The van der Waals surface area contributed by atoms with Crippen molar-refractivity contribution in [2.75, 3.05) is 11.9 Å². The second-order valence-corrected chi connectivity index (χ2v) is 5.56. The molecule has 0 radical (unpaired) electrons. The minimum absolute atomic E-state index is 0.189. The Kier molecular flexibility index (Phi) is 5.72. The van der Waals surface area contributed by atoms with Gasteiger partial charge in [0.2, 0.25) is 0 Å². The van der Waals surface area contributed by atoms with Gasteiger partial charge in [-0.15, -0.1) is 0 Å². The lowest BCUT2D eigenvalue weighted by molar-refractivity contribution is -0.142. The fraction of sp³-hybridized carbons (Fsp3) is 0.176. The summed E-state index contributed by atoms with van der Waals surface area (Å²) in [5, 5.41) is 2.82. The molecular formula is C17H16BrNO3. The normalized spacial score (nSPS) is 10.1. The van der Waals surface area contributed by atoms with Gasteiger partial charge in [-0.3, -0.25) is 9.59 Å². The summed E-state index contributed by atoms with van der Waals surface area (Å²) >= 11 is 3.34. The van der Waals surface area contributed by atoms with Crippen LogP contribution in [0.1, 0.15) is 22.8 Å². The van der Waals surface area contributed by atoms with Crippen LogP contribution in [0.4, 0.5) is 5.69 Å². The Labute approximate surface area is 137 Å². The van der Waals surface area contributed by atoms with Gasteiger partial charge in [-0.1, -0.05) is 34.1 Å². The molecule has 0 unspecified atom stereocenters. The van der Waals surface area contributed by atoms with Crippen LogP contribution in [0.3, 0.4) is 0 Å². The number of hydrogen-bond donors (Lipinski definition) is 1. The highest BCUT2D eigenvalue weighted by Crippen LogP contribution is 2.15. The molecule has 0 saturated heterocycles. The van der Waals surface area contributed by atoms with Gasteiger partial charge in [-0.25, -0.2) is 0 Å². The molecule has 1 amide bonds. The summed E-state index contributed by atoms with van der Waals surface area (Å²) in [6.07, 6.45) is 0.189. The van der Waals surface area contributed by atoms with Crippen LogP contribution in [-0.4, -0.2) is 18.5 Å². The Morgan fingerprint density at radius 3 is 2.64 bits per heavy atom. The van der Waals surface area contributed by atoms with E-state index in [1.54, 1.807) is 43.3 Å². The maximum atomic E-state index is 12.2. The van der Waals surface area contributed by atoms with Crippen LogP contribution in [0, 0.1) is 0 Å². The van der Waals surface area contributed by atoms with E-state index < -0.39 is 0 Å². The van der Waals surface area contributed by atoms with Crippen LogP contribution in [0.15, 0.2) is 53.0 Å². The molecule has 4 nitrogen and oxygen atoms in total. The third-order valence-corrected chi connectivity index (χ3v) is 3.42. The number of ether oxygens (including phenoxy) is 1. The maximum absolute atomic E-state index is 12.2. The van der Waals surface area contributed by atoms with Crippen molar-refractivity contribution in [3.63, 3.8) is 0 Å². The summed E-state index contributed by atoms with van der Waals surface area (Å²) in [6.45, 7) is 2.13. The van der Waals surface area contributed by atoms with E-state index in [0.29, 0.717) is 17.9 Å². The van der Waals surface area contributed by atoms with Crippen molar-refractivity contribution >= 4 is 33.5 Å². The van der Waals surface area contributed by atoms with E-state index in [1.807, 2.05) is 12.1 Å². The summed E-state index contributed by atoms with van der Waals surface area (Å²) in [6, 6.07) is 14.3. The van der Waals surface area contributed by atoms with Crippen molar-refractivity contribution < 1.29 is 14.3 Å². The molecule has 0 aliphatic rings. The van der Waals surface area contributed by atoms with E-state index in [2.05, 4.69) is 21.2 Å². The number of rotatable bonds is 5. The first-order valence-electron chi connectivity index (χ1n) is 6.90. The fourth-order valence-corrected chi connectivity index (χ4v) is 2.37. The lowest BCUT2D eigenvalue weighted by Gasteiger charge is -2.08. The Hall–Kier alpha value is -2.14. The molecule has 0 atom stereocenters. The fourth-order valence-electron chi connectivity index (χ4n) is 1.97. The first-order chi connectivity index (χ1) is 10.6. The van der Waals surface area contributed by atoms with Gasteiger partial charge in [0.25, 0.3) is 5.91 Å². The Bertz CT molecular complexity index is 685. The average molecular weight is 362 g/mol. The molecule has 2 rings (SSSR count). The molecular weight excluding hydrogens is 346 g/mol. The largest absolute Gasteiger partial charge is 0.466 e. The van der Waals surface area contributed by atoms with Crippen LogP contribution < -0.4 is 5.32 Å². The number of carbonyl (C=O) groups excluding carboxylic acids is 2. The molecule has 0 aliphatic carbocycles. The molecule has 0 aliphatic heterocycles. The second-order valence-electron chi connectivity index (χ2n) is 4.65. The number of benzene rings is 2. The Morgan fingerprint density at radius 1 is 1.14 bits per heavy atom. The van der Waals surface area contributed by atoms with Crippen molar-refractivity contribution in [1.82, 2.24) is 0 Å². The summed E-state index contributed by atoms with van der Waals surface area (Å²) in [5.74, 6) is -0.479. The zero-order chi connectivity index (χ0) is 15.9. The third-order valence-electron chi connectivity index (χ3n) is 2.93. The van der Waals surface area contributed by atoms with E-state index in [4.69, 9.17) is 4.74 Å². The van der Waals surface area contributed by atoms with E-state index in [-0.39, 0.29) is 18.3 Å². The van der Waals surface area contributed by atoms with E-state index in [1.165, 1.54) is 0 Å². The number of esters is 1. The molecule has 114 valence electrons. The predicted molar refractivity (Wildman–Crippen MR) is 88.9 cm³/mol. The second kappa shape index (κ2) is 7.75. The van der Waals surface area contributed by atoms with Crippen LogP contribution >= 0.6 is 15.9 Å². The molecule has 1 N–H and O–H groups in total. The topological polar surface area (TPSA) is 55.4 Å². The van der Waals surface area contributed by atoms with E-state index in [9.17, 15) is 9.59 Å². The standard InChI is InChI=1S/C17H16BrNO3/c1-2-22-16(20)10-12-5-3-8-15(9-12)19-17(21)13-6-4-7-14(18)11-13/h3-9,11H,2,10H2,1H3,(H,19,21). The Balaban J connectivity index is 2.07. The van der Waals surface area contributed by atoms with Crippen molar-refractivity contribution in [2.24, 2.45) is 0 Å². The van der Waals surface area contributed by atoms with Gasteiger partial charge >= 0.3 is 5.97 Å². The van der Waals surface area contributed by atoms with Crippen LogP contribution in [0.25, 0.3) is 0 Å². The van der Waals surface area contributed by atoms with E-state index >= 15 is 0 Å². The lowest BCUT2D eigenvalue weighted by atomic mass is 10.1. The van der Waals surface area contributed by atoms with Gasteiger partial charge in [0.15, 0.2) is 0 Å². The number of halogens is 1. The monoisotopic (exact) mass is 361 g/mol. The number of anilines is 1. The molecule has 0 fully saturated rings. The third kappa shape index (κ3) is 4.70. The zero-order valence-electron chi connectivity index (χ0n) is 12.1. The molecule has 0 saturated carbocycles. The number of carbonyl (C=O) groups is 2. The minimum atomic E-state index is -0.280. The quantitative estimate of drug-likeness (QED) is 0.823. The summed E-state index contributed by atoms with van der Waals surface area (Å²) < 4.78 is 5.76. The van der Waals surface area contributed by atoms with Crippen molar-refractivity contribution in [3.8, 4) is 0 Å². The maximum Gasteiger partial charge on any atom is 0.310 e. The molecule has 0 heterocycles. The molecule has 2 aromatic carbocycles. The SMILES string of the molecule is CCOC(=O)Cc1cccc(NC(=O)c2cccc(Br)c2)c1. The van der Waals surface area contributed by atoms with Crippen LogP contribution in [-0.2, 0) is 16.0 Å². The number of nitrogens with one attached hydrogen (secondary N) is 1. The van der Waals surface area contributed by atoms with Crippen molar-refractivity contribution in [3.05, 3.63) is 64.1 Å². The van der Waals surface area contributed by atoms with Gasteiger partial charge in [-0.05, 0) is 42.8 Å². The lowest BCUT2D eigenvalue weighted by Crippen LogP contribution is -2.12. The molecule has 5 heteroatoms. The van der Waals surface area contributed by atoms with Crippen LogP contribution in [0.5, 0.6) is 0 Å². The zero-order valence-corrected chi connectivity index (χ0v) is 13.7. The van der Waals surface area contributed by atoms with Gasteiger partial charge in [0.05, 0.1) is 13.0 Å². The predicted octanol–water partition coefficient (Wildman–Crippen LogP) is 3.81. The summed E-state index contributed by atoms with van der Waals surface area (Å²) in [7, 11) is 0. The molecule has 22 heavy (non-hydrogen) atoms. The first-order valence-corrected chi connectivity index (χ1v) is 7.69. The summed E-state index contributed by atoms with van der Waals surface area (Å²) in [5.41, 5.74) is 2.00. The number of amides is 1. The molecule has 0 aromatic heterocycles. The van der Waals surface area contributed by atoms with Gasteiger partial charge in [-0.2, -0.15) is 0 Å². The first kappa shape index (κ1) is 16.2. The van der Waals surface area contributed by atoms with E-state index in [0.717, 1.165) is 10.0 Å². The van der Waals surface area contributed by atoms with Crippen molar-refractivity contribution in [2.45, 2.75) is 13.3 Å². The smallest absolute Gasteiger partial charge is 0.310 e. The van der Waals surface area contributed by atoms with Gasteiger partial charge in [0, 0.05) is 15.7 Å². The summed E-state index contributed by atoms with van der Waals surface area (Å²) in [4.78, 5) is 23.7. The van der Waals surface area contributed by atoms with Crippen LogP contribution in [0.2, 0.25) is 0 Å². The number of hydrogen-bond acceptors (Lipinski definition) is 3. The Morgan fingerprint density at radius 2 is 1.91 bits per heavy atom. The van der Waals surface area contributed by atoms with Gasteiger partial charge in [0.1, 0.15) is 0 Å². The highest BCUT2D eigenvalue weighted by molar-refractivity contribution is 9.10.